The standard InChI is InChI=1S/C14H19ClN4/c1-10(2)9-19(7-3-6-16)13-8-12(15)17-14(18-13)11-4-5-11/h8,10-11H,3-5,7,9H2,1-2H3. The number of nitrogens with zero attached hydrogens (tertiary/aromatic N) is 4. The van der Waals surface area contributed by atoms with E-state index in [9.17, 15) is 0 Å². The first-order valence-corrected chi connectivity index (χ1v) is 7.14. The molecule has 2 rings (SSSR count). The van der Waals surface area contributed by atoms with Crippen molar-refractivity contribution in [3.8, 4) is 6.07 Å². The third kappa shape index (κ3) is 4.07. The lowest BCUT2D eigenvalue weighted by molar-refractivity contribution is 0.606. The Labute approximate surface area is 119 Å². The Morgan fingerprint density at radius 2 is 2.21 bits per heavy atom. The summed E-state index contributed by atoms with van der Waals surface area (Å²) in [4.78, 5) is 11.1. The van der Waals surface area contributed by atoms with E-state index in [1.807, 2.05) is 0 Å². The molecule has 4 nitrogen and oxygen atoms in total. The van der Waals surface area contributed by atoms with Crippen molar-refractivity contribution >= 4 is 17.4 Å². The van der Waals surface area contributed by atoms with Gasteiger partial charge in [-0.3, -0.25) is 0 Å². The number of hydrogen-bond donors (Lipinski definition) is 0. The van der Waals surface area contributed by atoms with E-state index in [4.69, 9.17) is 16.9 Å². The second-order valence-corrected chi connectivity index (χ2v) is 5.82. The van der Waals surface area contributed by atoms with Crippen molar-refractivity contribution in [2.24, 2.45) is 5.92 Å². The molecule has 0 bridgehead atoms. The molecule has 1 heterocycles. The molecule has 0 aliphatic heterocycles. The van der Waals surface area contributed by atoms with Gasteiger partial charge in [-0.2, -0.15) is 5.26 Å². The first kappa shape index (κ1) is 14.1. The molecule has 0 N–H and O–H groups in total. The second kappa shape index (κ2) is 6.21. The molecule has 1 aromatic rings. The number of anilines is 1. The van der Waals surface area contributed by atoms with E-state index in [1.165, 1.54) is 0 Å². The summed E-state index contributed by atoms with van der Waals surface area (Å²) in [5, 5.41) is 9.27. The first-order chi connectivity index (χ1) is 9.10. The summed E-state index contributed by atoms with van der Waals surface area (Å²) in [7, 11) is 0. The van der Waals surface area contributed by atoms with Gasteiger partial charge in [0.25, 0.3) is 0 Å². The highest BCUT2D eigenvalue weighted by atomic mass is 35.5. The van der Waals surface area contributed by atoms with Crippen molar-refractivity contribution in [3.63, 3.8) is 0 Å². The van der Waals surface area contributed by atoms with Crippen LogP contribution in [-0.2, 0) is 0 Å². The van der Waals surface area contributed by atoms with Gasteiger partial charge in [-0.25, -0.2) is 9.97 Å². The zero-order chi connectivity index (χ0) is 13.8. The Bertz CT molecular complexity index is 477. The van der Waals surface area contributed by atoms with Crippen LogP contribution in [0.5, 0.6) is 0 Å². The fourth-order valence-electron chi connectivity index (χ4n) is 2.03. The lowest BCUT2D eigenvalue weighted by Gasteiger charge is -2.25. The highest BCUT2D eigenvalue weighted by Gasteiger charge is 2.27. The fraction of sp³-hybridized carbons (Fsp3) is 0.643. The zero-order valence-corrected chi connectivity index (χ0v) is 12.2. The van der Waals surface area contributed by atoms with Gasteiger partial charge in [-0.05, 0) is 18.8 Å². The molecule has 0 aromatic carbocycles. The van der Waals surface area contributed by atoms with Gasteiger partial charge in [0.15, 0.2) is 0 Å². The molecule has 1 saturated carbocycles. The predicted octanol–water partition coefficient (Wildman–Crippen LogP) is 3.38. The van der Waals surface area contributed by atoms with E-state index in [2.05, 4.69) is 34.8 Å². The van der Waals surface area contributed by atoms with Crippen LogP contribution in [0.15, 0.2) is 6.07 Å². The predicted molar refractivity (Wildman–Crippen MR) is 76.3 cm³/mol. The molecule has 102 valence electrons. The van der Waals surface area contributed by atoms with E-state index in [-0.39, 0.29) is 0 Å². The van der Waals surface area contributed by atoms with Crippen molar-refractivity contribution in [3.05, 3.63) is 17.0 Å². The largest absolute Gasteiger partial charge is 0.355 e. The molecule has 0 unspecified atom stereocenters. The first-order valence-electron chi connectivity index (χ1n) is 6.76. The van der Waals surface area contributed by atoms with E-state index in [0.29, 0.717) is 30.0 Å². The average Bonchev–Trinajstić information content (AvgIpc) is 3.17. The second-order valence-electron chi connectivity index (χ2n) is 5.43. The van der Waals surface area contributed by atoms with Gasteiger partial charge in [0.2, 0.25) is 0 Å². The van der Waals surface area contributed by atoms with E-state index in [0.717, 1.165) is 31.0 Å². The van der Waals surface area contributed by atoms with Crippen LogP contribution < -0.4 is 4.90 Å². The SMILES string of the molecule is CC(C)CN(CCC#N)c1cc(Cl)nc(C2CC2)n1. The summed E-state index contributed by atoms with van der Waals surface area (Å²) >= 11 is 6.09. The minimum absolute atomic E-state index is 0.481. The van der Waals surface area contributed by atoms with Crippen molar-refractivity contribution in [1.82, 2.24) is 9.97 Å². The maximum atomic E-state index is 8.77. The molecule has 1 aromatic heterocycles. The van der Waals surface area contributed by atoms with E-state index >= 15 is 0 Å². The highest BCUT2D eigenvalue weighted by Crippen LogP contribution is 2.39. The third-order valence-electron chi connectivity index (χ3n) is 3.04. The number of nitriles is 1. The highest BCUT2D eigenvalue weighted by molar-refractivity contribution is 6.29. The quantitative estimate of drug-likeness (QED) is 0.749. The van der Waals surface area contributed by atoms with Crippen LogP contribution in [0.3, 0.4) is 0 Å². The van der Waals surface area contributed by atoms with Crippen LogP contribution in [0.25, 0.3) is 0 Å². The van der Waals surface area contributed by atoms with E-state index in [1.54, 1.807) is 6.07 Å². The number of hydrogen-bond acceptors (Lipinski definition) is 4. The molecule has 1 fully saturated rings. The van der Waals surface area contributed by atoms with Crippen molar-refractivity contribution < 1.29 is 0 Å². The smallest absolute Gasteiger partial charge is 0.135 e. The number of rotatable bonds is 6. The van der Waals surface area contributed by atoms with Crippen molar-refractivity contribution in [2.45, 2.75) is 39.0 Å². The van der Waals surface area contributed by atoms with Crippen LogP contribution in [0.1, 0.15) is 44.9 Å². The minimum Gasteiger partial charge on any atom is -0.355 e. The molecule has 0 spiro atoms. The van der Waals surface area contributed by atoms with Crippen LogP contribution in [0.2, 0.25) is 5.15 Å². The van der Waals surface area contributed by atoms with Crippen molar-refractivity contribution in [1.29, 1.82) is 5.26 Å². The Morgan fingerprint density at radius 3 is 2.79 bits per heavy atom. The van der Waals surface area contributed by atoms with Crippen LogP contribution in [0.4, 0.5) is 5.82 Å². The van der Waals surface area contributed by atoms with Crippen LogP contribution >= 0.6 is 11.6 Å². The van der Waals surface area contributed by atoms with Gasteiger partial charge in [-0.15, -0.1) is 0 Å². The lowest BCUT2D eigenvalue weighted by Crippen LogP contribution is -2.29. The van der Waals surface area contributed by atoms with Gasteiger partial charge < -0.3 is 4.90 Å². The average molecular weight is 279 g/mol. The molecule has 1 aliphatic rings. The molecular weight excluding hydrogens is 260 g/mol. The van der Waals surface area contributed by atoms with Gasteiger partial charge in [0.1, 0.15) is 16.8 Å². The third-order valence-corrected chi connectivity index (χ3v) is 3.24. The Morgan fingerprint density at radius 1 is 1.47 bits per heavy atom. The lowest BCUT2D eigenvalue weighted by atomic mass is 10.2. The Kier molecular flexibility index (Phi) is 4.60. The van der Waals surface area contributed by atoms with Gasteiger partial charge in [-0.1, -0.05) is 25.4 Å². The van der Waals surface area contributed by atoms with Gasteiger partial charge in [0.05, 0.1) is 12.5 Å². The molecule has 0 saturated heterocycles. The van der Waals surface area contributed by atoms with Gasteiger partial charge >= 0.3 is 0 Å². The molecule has 1 aliphatic carbocycles. The Hall–Kier alpha value is -1.34. The molecular formula is C14H19ClN4. The molecule has 0 atom stereocenters. The summed E-state index contributed by atoms with van der Waals surface area (Å²) in [6, 6.07) is 3.99. The molecule has 5 heteroatoms. The van der Waals surface area contributed by atoms with Crippen molar-refractivity contribution in [2.75, 3.05) is 18.0 Å². The Balaban J connectivity index is 2.21. The summed E-state index contributed by atoms with van der Waals surface area (Å²) in [5.74, 6) is 2.70. The fourth-order valence-corrected chi connectivity index (χ4v) is 2.22. The number of aromatic nitrogens is 2. The zero-order valence-electron chi connectivity index (χ0n) is 11.4. The molecule has 0 amide bonds. The normalized spacial score (nSPS) is 14.5. The summed E-state index contributed by atoms with van der Waals surface area (Å²) in [6.45, 7) is 5.87. The van der Waals surface area contributed by atoms with Crippen LogP contribution in [0, 0.1) is 17.2 Å². The summed E-state index contributed by atoms with van der Waals surface area (Å²) in [6.07, 6.45) is 2.80. The molecule has 19 heavy (non-hydrogen) atoms. The monoisotopic (exact) mass is 278 g/mol. The molecule has 0 radical (unpaired) electrons. The van der Waals surface area contributed by atoms with E-state index < -0.39 is 0 Å². The summed E-state index contributed by atoms with van der Waals surface area (Å²) < 4.78 is 0. The summed E-state index contributed by atoms with van der Waals surface area (Å²) in [5.41, 5.74) is 0. The van der Waals surface area contributed by atoms with Crippen LogP contribution in [-0.4, -0.2) is 23.1 Å². The number of halogens is 1. The maximum absolute atomic E-state index is 8.77. The topological polar surface area (TPSA) is 52.8 Å². The minimum atomic E-state index is 0.481. The maximum Gasteiger partial charge on any atom is 0.135 e. The van der Waals surface area contributed by atoms with Gasteiger partial charge in [0, 0.05) is 25.1 Å².